The van der Waals surface area contributed by atoms with Crippen molar-refractivity contribution >= 4 is 70.6 Å². The third-order valence-electron chi connectivity index (χ3n) is 3.40. The molecule has 0 nitrogen and oxygen atoms in total. The molecule has 2 heterocycles. The van der Waals surface area contributed by atoms with Gasteiger partial charge in [0.05, 0.1) is 0 Å². The number of hydrogen-bond donors (Lipinski definition) is 0. The zero-order valence-electron chi connectivity index (χ0n) is 12.5. The minimum Gasteiger partial charge on any atom is -0.161 e. The average molecular weight is 387 g/mol. The summed E-state index contributed by atoms with van der Waals surface area (Å²) in [7, 11) is 0. The third-order valence-corrected chi connectivity index (χ3v) is 12.9. The van der Waals surface area contributed by atoms with Gasteiger partial charge in [0.15, 0.2) is 0 Å². The van der Waals surface area contributed by atoms with E-state index in [9.17, 15) is 0 Å². The molecular formula is C14H26S6. The van der Waals surface area contributed by atoms with Gasteiger partial charge in [-0.1, -0.05) is 13.8 Å². The summed E-state index contributed by atoms with van der Waals surface area (Å²) < 4.78 is 0.519. The molecule has 20 heavy (non-hydrogen) atoms. The second-order valence-electron chi connectivity index (χ2n) is 5.19. The molecule has 0 aromatic rings. The molecular weight excluding hydrogens is 361 g/mol. The first-order valence-electron chi connectivity index (χ1n) is 7.38. The van der Waals surface area contributed by atoms with Gasteiger partial charge in [0.1, 0.15) is 0 Å². The van der Waals surface area contributed by atoms with Gasteiger partial charge in [-0.15, -0.1) is 0 Å². The molecule has 2 aliphatic rings. The summed E-state index contributed by atoms with van der Waals surface area (Å²) in [6.45, 7) is 4.64. The van der Waals surface area contributed by atoms with Gasteiger partial charge in [0, 0.05) is 55.5 Å². The second kappa shape index (κ2) is 10.1. The van der Waals surface area contributed by atoms with Crippen molar-refractivity contribution in [2.45, 2.75) is 29.1 Å². The number of hydrogen-bond acceptors (Lipinski definition) is 6. The predicted octanol–water partition coefficient (Wildman–Crippen LogP) is 4.93. The van der Waals surface area contributed by atoms with Gasteiger partial charge in [0.25, 0.3) is 0 Å². The first kappa shape index (κ1) is 18.4. The van der Waals surface area contributed by atoms with Crippen LogP contribution in [0.1, 0.15) is 13.8 Å². The zero-order chi connectivity index (χ0) is 14.3. The highest BCUT2D eigenvalue weighted by Crippen LogP contribution is 2.42. The molecule has 118 valence electrons. The standard InChI is InChI=1S/C14H26S6/c1-3-15-9-14(20-4-2,10-18-12-5-16-6-12)11-19-13-7-17-8-13/h12-13H,3-11H2,1-2H3. The summed E-state index contributed by atoms with van der Waals surface area (Å²) >= 11 is 13.2. The van der Waals surface area contributed by atoms with Crippen LogP contribution in [0.5, 0.6) is 0 Å². The lowest BCUT2D eigenvalue weighted by molar-refractivity contribution is 0.836. The van der Waals surface area contributed by atoms with Crippen LogP contribution in [0.4, 0.5) is 0 Å². The Morgan fingerprint density at radius 3 is 1.75 bits per heavy atom. The van der Waals surface area contributed by atoms with Crippen LogP contribution >= 0.6 is 70.6 Å². The van der Waals surface area contributed by atoms with Gasteiger partial charge in [-0.3, -0.25) is 0 Å². The van der Waals surface area contributed by atoms with E-state index in [4.69, 9.17) is 0 Å². The SMILES string of the molecule is CCSCC(CSC1CSC1)(CSC1CSC1)SCC. The minimum absolute atomic E-state index is 0.519. The lowest BCUT2D eigenvalue weighted by atomic mass is 10.2. The van der Waals surface area contributed by atoms with Crippen molar-refractivity contribution < 1.29 is 0 Å². The smallest absolute Gasteiger partial charge is 0.0430 e. The Morgan fingerprint density at radius 2 is 1.40 bits per heavy atom. The molecule has 0 unspecified atom stereocenters. The molecule has 0 saturated carbocycles. The average Bonchev–Trinajstić information content (AvgIpc) is 2.33. The van der Waals surface area contributed by atoms with Crippen molar-refractivity contribution in [3.8, 4) is 0 Å². The van der Waals surface area contributed by atoms with Gasteiger partial charge in [-0.25, -0.2) is 0 Å². The van der Waals surface area contributed by atoms with Crippen LogP contribution in [0, 0.1) is 0 Å². The second-order valence-corrected chi connectivity index (χ2v) is 12.9. The predicted molar refractivity (Wildman–Crippen MR) is 111 cm³/mol. The van der Waals surface area contributed by atoms with Gasteiger partial charge >= 0.3 is 0 Å². The van der Waals surface area contributed by atoms with E-state index in [1.54, 1.807) is 0 Å². The topological polar surface area (TPSA) is 0 Å². The summed E-state index contributed by atoms with van der Waals surface area (Å²) in [4.78, 5) is 0. The van der Waals surface area contributed by atoms with E-state index in [2.05, 4.69) is 84.4 Å². The van der Waals surface area contributed by atoms with Crippen molar-refractivity contribution in [1.29, 1.82) is 0 Å². The van der Waals surface area contributed by atoms with Crippen LogP contribution in [0.25, 0.3) is 0 Å². The van der Waals surface area contributed by atoms with Gasteiger partial charge < -0.3 is 0 Å². The lowest BCUT2D eigenvalue weighted by Crippen LogP contribution is -2.38. The molecule has 2 saturated heterocycles. The Hall–Kier alpha value is 2.10. The quantitative estimate of drug-likeness (QED) is 0.490. The summed E-state index contributed by atoms with van der Waals surface area (Å²) in [5, 5.41) is 1.90. The normalized spacial score (nSPS) is 20.7. The van der Waals surface area contributed by atoms with Crippen LogP contribution in [0.3, 0.4) is 0 Å². The highest BCUT2D eigenvalue weighted by molar-refractivity contribution is 8.10. The zero-order valence-corrected chi connectivity index (χ0v) is 17.4. The summed E-state index contributed by atoms with van der Waals surface area (Å²) in [6, 6.07) is 0. The molecule has 0 bridgehead atoms. The van der Waals surface area contributed by atoms with Crippen LogP contribution in [-0.4, -0.2) is 67.0 Å². The first-order valence-corrected chi connectivity index (χ1v) is 13.9. The van der Waals surface area contributed by atoms with E-state index in [1.165, 1.54) is 51.8 Å². The van der Waals surface area contributed by atoms with E-state index in [0.29, 0.717) is 4.75 Å². The number of thioether (sulfide) groups is 6. The molecule has 0 atom stereocenters. The maximum absolute atomic E-state index is 2.34. The molecule has 6 heteroatoms. The molecule has 0 amide bonds. The molecule has 0 aromatic carbocycles. The Balaban J connectivity index is 1.84. The van der Waals surface area contributed by atoms with Gasteiger partial charge in [0.2, 0.25) is 0 Å². The fourth-order valence-electron chi connectivity index (χ4n) is 2.00. The van der Waals surface area contributed by atoms with E-state index >= 15 is 0 Å². The van der Waals surface area contributed by atoms with Crippen molar-refractivity contribution in [3.05, 3.63) is 0 Å². The monoisotopic (exact) mass is 386 g/mol. The number of rotatable bonds is 11. The molecule has 2 aliphatic heterocycles. The molecule has 0 spiro atoms. The van der Waals surface area contributed by atoms with Crippen molar-refractivity contribution in [1.82, 2.24) is 0 Å². The van der Waals surface area contributed by atoms with E-state index in [0.717, 1.165) is 10.5 Å². The first-order chi connectivity index (χ1) is 9.78. The van der Waals surface area contributed by atoms with Crippen molar-refractivity contribution in [2.24, 2.45) is 0 Å². The maximum Gasteiger partial charge on any atom is 0.0430 e. The Kier molecular flexibility index (Phi) is 9.28. The van der Waals surface area contributed by atoms with Crippen LogP contribution in [-0.2, 0) is 0 Å². The molecule has 0 radical (unpaired) electrons. The molecule has 0 aromatic heterocycles. The van der Waals surface area contributed by atoms with E-state index in [-0.39, 0.29) is 0 Å². The molecule has 0 N–H and O–H groups in total. The highest BCUT2D eigenvalue weighted by Gasteiger charge is 2.34. The minimum atomic E-state index is 0.519. The fourth-order valence-corrected chi connectivity index (χ4v) is 10.5. The van der Waals surface area contributed by atoms with E-state index < -0.39 is 0 Å². The molecule has 2 fully saturated rings. The summed E-state index contributed by atoms with van der Waals surface area (Å²) in [5.74, 6) is 12.2. The molecule has 2 rings (SSSR count). The van der Waals surface area contributed by atoms with Gasteiger partial charge in [-0.05, 0) is 11.5 Å². The third kappa shape index (κ3) is 5.95. The highest BCUT2D eigenvalue weighted by atomic mass is 32.2. The largest absolute Gasteiger partial charge is 0.161 e. The van der Waals surface area contributed by atoms with Crippen molar-refractivity contribution in [2.75, 3.05) is 51.8 Å². The summed E-state index contributed by atoms with van der Waals surface area (Å²) in [6.07, 6.45) is 0. The fraction of sp³-hybridized carbons (Fsp3) is 1.00. The summed E-state index contributed by atoms with van der Waals surface area (Å²) in [5.41, 5.74) is 0. The lowest BCUT2D eigenvalue weighted by Gasteiger charge is -2.37. The Bertz CT molecular complexity index is 246. The van der Waals surface area contributed by atoms with Crippen LogP contribution in [0.15, 0.2) is 0 Å². The maximum atomic E-state index is 2.34. The van der Waals surface area contributed by atoms with Crippen LogP contribution in [0.2, 0.25) is 0 Å². The van der Waals surface area contributed by atoms with Crippen molar-refractivity contribution in [3.63, 3.8) is 0 Å². The van der Waals surface area contributed by atoms with E-state index in [1.807, 2.05) is 0 Å². The molecule has 0 aliphatic carbocycles. The van der Waals surface area contributed by atoms with Gasteiger partial charge in [-0.2, -0.15) is 70.6 Å². The van der Waals surface area contributed by atoms with Crippen LogP contribution < -0.4 is 0 Å². The Labute approximate surface area is 150 Å². The Morgan fingerprint density at radius 1 is 0.850 bits per heavy atom.